The highest BCUT2D eigenvalue weighted by atomic mass is 35.5. The van der Waals surface area contributed by atoms with Crippen LogP contribution in [0.25, 0.3) is 0 Å². The molecule has 0 spiro atoms. The van der Waals surface area contributed by atoms with E-state index in [9.17, 15) is 9.59 Å². The first-order chi connectivity index (χ1) is 15.1. The molecule has 6 nitrogen and oxygen atoms in total. The molecular weight excluding hydrogens is 456 g/mol. The highest BCUT2D eigenvalue weighted by Crippen LogP contribution is 2.36. The lowest BCUT2D eigenvalue weighted by Crippen LogP contribution is -2.40. The fourth-order valence-corrected chi connectivity index (χ4v) is 3.95. The minimum Gasteiger partial charge on any atom is -0.482 e. The minimum atomic E-state index is -1.74. The Morgan fingerprint density at radius 1 is 1.06 bits per heavy atom. The molecule has 0 aliphatic heterocycles. The Balaban J connectivity index is 1.98. The second kappa shape index (κ2) is 10.3. The van der Waals surface area contributed by atoms with Gasteiger partial charge in [0.05, 0.1) is 5.54 Å². The molecule has 1 N–H and O–H groups in total. The lowest BCUT2D eigenvalue weighted by molar-refractivity contribution is 0.287. The lowest BCUT2D eigenvalue weighted by Gasteiger charge is -2.35. The smallest absolute Gasteiger partial charge is 0.306 e. The van der Waals surface area contributed by atoms with E-state index in [2.05, 4.69) is 50.8 Å². The topological polar surface area (TPSA) is 73.3 Å². The molecule has 0 bridgehead atoms. The molecule has 0 saturated carbocycles. The number of rotatable bonds is 6. The summed E-state index contributed by atoms with van der Waals surface area (Å²) in [4.78, 5) is 24.8. The van der Waals surface area contributed by atoms with Gasteiger partial charge in [-0.2, -0.15) is 0 Å². The molecule has 180 valence electrons. The summed E-state index contributed by atoms with van der Waals surface area (Å²) in [6, 6.07) is 7.52. The van der Waals surface area contributed by atoms with Crippen LogP contribution in [0.3, 0.4) is 0 Å². The molecule has 33 heavy (non-hydrogen) atoms. The lowest BCUT2D eigenvalue weighted by atomic mass is 10.1. The maximum Gasteiger partial charge on any atom is 0.306 e. The summed E-state index contributed by atoms with van der Waals surface area (Å²) >= 11 is 6.13. The third kappa shape index (κ3) is 7.10. The second-order valence-electron chi connectivity index (χ2n) is 10.5. The van der Waals surface area contributed by atoms with Crippen LogP contribution in [0.2, 0.25) is 23.2 Å². The van der Waals surface area contributed by atoms with Crippen molar-refractivity contribution in [3.63, 3.8) is 0 Å². The monoisotopic (exact) mass is 490 g/mol. The Morgan fingerprint density at radius 3 is 2.21 bits per heavy atom. The molecule has 0 aliphatic carbocycles. The first-order valence-corrected chi connectivity index (χ1v) is 14.3. The average molecular weight is 491 g/mol. The molecule has 2 rings (SSSR count). The van der Waals surface area contributed by atoms with Gasteiger partial charge in [-0.25, -0.2) is 4.68 Å². The zero-order valence-electron chi connectivity index (χ0n) is 20.9. The first-order valence-electron chi connectivity index (χ1n) is 11.0. The average Bonchev–Trinajstić information content (AvgIpc) is 2.69. The summed E-state index contributed by atoms with van der Waals surface area (Å²) in [6.45, 7) is 17.3. The molecule has 1 aromatic carbocycles. The number of ether oxygens (including phenoxy) is 1. The van der Waals surface area contributed by atoms with E-state index in [1.165, 1.54) is 4.68 Å². The van der Waals surface area contributed by atoms with Crippen LogP contribution in [-0.2, 0) is 16.6 Å². The Bertz CT molecular complexity index is 1140. The van der Waals surface area contributed by atoms with E-state index in [-0.39, 0.29) is 22.4 Å². The van der Waals surface area contributed by atoms with Gasteiger partial charge in [-0.05, 0) is 56.6 Å². The number of nitrogens with one attached hydrogen (secondary N) is 1. The van der Waals surface area contributed by atoms with Crippen LogP contribution < -0.4 is 15.9 Å². The number of halogens is 1. The SMILES string of the molecule is CC(C)(C)n1[nH]c(=O)c(OCc2ccc(C#CCCO[Si](C)(C)C(C)(C)C)cc2)c(Cl)c1=O. The molecule has 1 heterocycles. The van der Waals surface area contributed by atoms with Crippen molar-refractivity contribution in [2.45, 2.75) is 78.2 Å². The summed E-state index contributed by atoms with van der Waals surface area (Å²) in [5.74, 6) is 6.13. The van der Waals surface area contributed by atoms with Crippen LogP contribution in [0, 0.1) is 11.8 Å². The van der Waals surface area contributed by atoms with Crippen LogP contribution in [-0.4, -0.2) is 24.7 Å². The molecule has 0 saturated heterocycles. The molecule has 2 aromatic rings. The van der Waals surface area contributed by atoms with Gasteiger partial charge in [-0.1, -0.05) is 56.3 Å². The van der Waals surface area contributed by atoms with E-state index in [4.69, 9.17) is 20.8 Å². The summed E-state index contributed by atoms with van der Waals surface area (Å²) < 4.78 is 12.9. The summed E-state index contributed by atoms with van der Waals surface area (Å²) in [5, 5.41) is 2.50. The first kappa shape index (κ1) is 27.0. The fourth-order valence-electron chi connectivity index (χ4n) is 2.68. The molecule has 0 radical (unpaired) electrons. The number of hydrogen-bond donors (Lipinski definition) is 1. The quantitative estimate of drug-likeness (QED) is 0.339. The van der Waals surface area contributed by atoms with Crippen LogP contribution >= 0.6 is 11.6 Å². The molecule has 0 unspecified atom stereocenters. The van der Waals surface area contributed by atoms with Crippen LogP contribution in [0.4, 0.5) is 0 Å². The van der Waals surface area contributed by atoms with Crippen LogP contribution in [0.1, 0.15) is 59.1 Å². The largest absolute Gasteiger partial charge is 0.482 e. The van der Waals surface area contributed by atoms with Gasteiger partial charge in [-0.3, -0.25) is 14.7 Å². The highest BCUT2D eigenvalue weighted by Gasteiger charge is 2.36. The van der Waals surface area contributed by atoms with Crippen molar-refractivity contribution in [3.8, 4) is 17.6 Å². The number of nitrogens with zero attached hydrogens (tertiary/aromatic N) is 1. The Kier molecular flexibility index (Phi) is 8.45. The summed E-state index contributed by atoms with van der Waals surface area (Å²) in [6.07, 6.45) is 0.679. The second-order valence-corrected chi connectivity index (χ2v) is 15.7. The maximum atomic E-state index is 12.5. The Hall–Kier alpha value is -2.27. The van der Waals surface area contributed by atoms with E-state index < -0.39 is 25.0 Å². The number of aromatic amines is 1. The Morgan fingerprint density at radius 2 is 1.67 bits per heavy atom. The summed E-state index contributed by atoms with van der Waals surface area (Å²) in [7, 11) is -1.74. The molecule has 0 amide bonds. The van der Waals surface area contributed by atoms with Crippen molar-refractivity contribution < 1.29 is 9.16 Å². The predicted octanol–water partition coefficient (Wildman–Crippen LogP) is 5.29. The standard InChI is InChI=1S/C25H35ClN2O4Si/c1-24(2,3)28-23(30)20(26)21(22(29)27-28)31-17-19-14-12-18(13-15-19)11-9-10-16-32-33(7,8)25(4,5)6/h12-15H,10,16-17H2,1-8H3,(H,27,29). The van der Waals surface area contributed by atoms with E-state index >= 15 is 0 Å². The van der Waals surface area contributed by atoms with Crippen molar-refractivity contribution in [1.29, 1.82) is 0 Å². The molecule has 1 aromatic heterocycles. The highest BCUT2D eigenvalue weighted by molar-refractivity contribution is 6.74. The number of H-pyrrole nitrogens is 1. The van der Waals surface area contributed by atoms with Crippen molar-refractivity contribution in [2.75, 3.05) is 6.61 Å². The molecular formula is C25H35ClN2O4Si. The number of benzene rings is 1. The molecule has 0 aliphatic rings. The predicted molar refractivity (Wildman–Crippen MR) is 137 cm³/mol. The normalized spacial score (nSPS) is 12.3. The Labute approximate surface area is 202 Å². The fraction of sp³-hybridized carbons (Fsp3) is 0.520. The number of hydrogen-bond acceptors (Lipinski definition) is 4. The van der Waals surface area contributed by atoms with E-state index in [0.717, 1.165) is 11.1 Å². The van der Waals surface area contributed by atoms with E-state index in [1.54, 1.807) is 20.8 Å². The third-order valence-corrected chi connectivity index (χ3v) is 10.6. The van der Waals surface area contributed by atoms with Gasteiger partial charge in [0.1, 0.15) is 6.61 Å². The van der Waals surface area contributed by atoms with Crippen molar-refractivity contribution in [1.82, 2.24) is 9.78 Å². The van der Waals surface area contributed by atoms with Gasteiger partial charge in [0.15, 0.2) is 13.3 Å². The molecule has 0 atom stereocenters. The van der Waals surface area contributed by atoms with Gasteiger partial charge in [-0.15, -0.1) is 0 Å². The van der Waals surface area contributed by atoms with Gasteiger partial charge >= 0.3 is 5.56 Å². The van der Waals surface area contributed by atoms with Gasteiger partial charge in [0.25, 0.3) is 5.56 Å². The van der Waals surface area contributed by atoms with Crippen LogP contribution in [0.5, 0.6) is 5.75 Å². The zero-order valence-corrected chi connectivity index (χ0v) is 22.6. The van der Waals surface area contributed by atoms with Crippen molar-refractivity contribution in [3.05, 3.63) is 61.1 Å². The van der Waals surface area contributed by atoms with Gasteiger partial charge in [0, 0.05) is 18.6 Å². The van der Waals surface area contributed by atoms with E-state index in [1.807, 2.05) is 24.3 Å². The minimum absolute atomic E-state index is 0.107. The zero-order chi connectivity index (χ0) is 25.0. The van der Waals surface area contributed by atoms with Crippen LogP contribution in [0.15, 0.2) is 33.9 Å². The third-order valence-electron chi connectivity index (χ3n) is 5.75. The number of aromatic nitrogens is 2. The summed E-state index contributed by atoms with van der Waals surface area (Å²) in [5.41, 5.74) is 0.0671. The van der Waals surface area contributed by atoms with E-state index in [0.29, 0.717) is 13.0 Å². The van der Waals surface area contributed by atoms with Crippen molar-refractivity contribution in [2.24, 2.45) is 0 Å². The maximum absolute atomic E-state index is 12.5. The van der Waals surface area contributed by atoms with Gasteiger partial charge in [0.2, 0.25) is 5.75 Å². The molecule has 8 heteroatoms. The van der Waals surface area contributed by atoms with Crippen molar-refractivity contribution >= 4 is 19.9 Å². The molecule has 0 fully saturated rings. The van der Waals surface area contributed by atoms with Gasteiger partial charge < -0.3 is 9.16 Å².